The third kappa shape index (κ3) is 4.47. The van der Waals surface area contributed by atoms with Crippen molar-refractivity contribution in [1.82, 2.24) is 0 Å². The lowest BCUT2D eigenvalue weighted by molar-refractivity contribution is -0.184. The van der Waals surface area contributed by atoms with Gasteiger partial charge in [0.2, 0.25) is 6.10 Å². The maximum Gasteiger partial charge on any atom is 0.379 e. The lowest BCUT2D eigenvalue weighted by Crippen LogP contribution is -2.52. The van der Waals surface area contributed by atoms with Crippen molar-refractivity contribution >= 4 is 23.7 Å². The number of hydrogen-bond acceptors (Lipinski definition) is 12. The van der Waals surface area contributed by atoms with Gasteiger partial charge in [0.1, 0.15) is 18.3 Å². The Hall–Kier alpha value is -2.16. The van der Waals surface area contributed by atoms with Crippen molar-refractivity contribution in [3.05, 3.63) is 0 Å². The Morgan fingerprint density at radius 1 is 1.04 bits per heavy atom. The number of aliphatic hydroxyl groups is 6. The highest BCUT2D eigenvalue weighted by atomic mass is 16.6. The van der Waals surface area contributed by atoms with Crippen LogP contribution in [0.3, 0.4) is 0 Å². The van der Waals surface area contributed by atoms with Crippen LogP contribution in [-0.4, -0.2) is 109 Å². The zero-order chi connectivity index (χ0) is 19.5. The van der Waals surface area contributed by atoms with Gasteiger partial charge < -0.3 is 45.2 Å². The van der Waals surface area contributed by atoms with Crippen molar-refractivity contribution in [2.24, 2.45) is 0 Å². The van der Waals surface area contributed by atoms with Crippen LogP contribution in [0.1, 0.15) is 0 Å². The van der Waals surface area contributed by atoms with Crippen LogP contribution in [0.15, 0.2) is 0 Å². The number of aliphatic hydroxyl groups excluding tert-OH is 6. The number of aliphatic carboxylic acids is 1. The number of ketones is 1. The molecular formula is C12H16O13. The van der Waals surface area contributed by atoms with Crippen molar-refractivity contribution in [2.75, 3.05) is 6.61 Å². The summed E-state index contributed by atoms with van der Waals surface area (Å²) in [4.78, 5) is 44.9. The molecule has 13 nitrogen and oxygen atoms in total. The van der Waals surface area contributed by atoms with Crippen LogP contribution in [-0.2, 0) is 28.7 Å². The van der Waals surface area contributed by atoms with Crippen LogP contribution in [0.4, 0.5) is 0 Å². The molecule has 0 aromatic heterocycles. The molecule has 13 heteroatoms. The minimum absolute atomic E-state index is 0.964. The molecule has 1 heterocycles. The highest BCUT2D eigenvalue weighted by molar-refractivity contribution is 6.37. The molecule has 1 fully saturated rings. The van der Waals surface area contributed by atoms with E-state index in [9.17, 15) is 39.6 Å². The smallest absolute Gasteiger partial charge is 0.379 e. The second kappa shape index (κ2) is 8.28. The quantitative estimate of drug-likeness (QED) is 0.157. The fraction of sp³-hybridized carbons (Fsp3) is 0.667. The predicted octanol–water partition coefficient (Wildman–Crippen LogP) is -5.73. The third-order valence-electron chi connectivity index (χ3n) is 3.30. The number of carboxylic acids is 1. The molecule has 1 saturated heterocycles. The van der Waals surface area contributed by atoms with E-state index in [0.717, 1.165) is 0 Å². The number of carbonyl (C=O) groups excluding carboxylic acids is 3. The second-order valence-electron chi connectivity index (χ2n) is 5.05. The van der Waals surface area contributed by atoms with Crippen LogP contribution >= 0.6 is 0 Å². The summed E-state index contributed by atoms with van der Waals surface area (Å²) >= 11 is 0. The van der Waals surface area contributed by atoms with Gasteiger partial charge in [0, 0.05) is 0 Å². The number of Topliss-reactive ketones (excluding diaryl/α,β-unsaturated/α-hetero) is 1. The molecule has 25 heavy (non-hydrogen) atoms. The van der Waals surface area contributed by atoms with E-state index in [2.05, 4.69) is 9.47 Å². The maximum absolute atomic E-state index is 11.7. The Kier molecular flexibility index (Phi) is 6.92. The summed E-state index contributed by atoms with van der Waals surface area (Å²) in [5, 5.41) is 64.1. The summed E-state index contributed by atoms with van der Waals surface area (Å²) in [5.74, 6) is -6.63. The van der Waals surface area contributed by atoms with Gasteiger partial charge in [-0.05, 0) is 0 Å². The molecule has 0 amide bonds. The molecule has 0 bridgehead atoms. The Balaban J connectivity index is 2.83. The van der Waals surface area contributed by atoms with Crippen LogP contribution in [0.25, 0.3) is 0 Å². The Morgan fingerprint density at radius 3 is 2.04 bits per heavy atom. The molecule has 0 aliphatic carbocycles. The van der Waals surface area contributed by atoms with Gasteiger partial charge in [-0.1, -0.05) is 0 Å². The molecule has 7 atom stereocenters. The van der Waals surface area contributed by atoms with Crippen molar-refractivity contribution in [3.8, 4) is 0 Å². The lowest BCUT2D eigenvalue weighted by Gasteiger charge is -2.25. The summed E-state index contributed by atoms with van der Waals surface area (Å²) in [6.07, 6.45) is -15.8. The zero-order valence-corrected chi connectivity index (χ0v) is 12.3. The summed E-state index contributed by atoms with van der Waals surface area (Å²) < 4.78 is 8.86. The predicted molar refractivity (Wildman–Crippen MR) is 69.5 cm³/mol. The molecule has 0 spiro atoms. The monoisotopic (exact) mass is 368 g/mol. The van der Waals surface area contributed by atoms with Crippen molar-refractivity contribution in [2.45, 2.75) is 42.7 Å². The van der Waals surface area contributed by atoms with E-state index in [0.29, 0.717) is 0 Å². The van der Waals surface area contributed by atoms with Gasteiger partial charge in [-0.2, -0.15) is 0 Å². The third-order valence-corrected chi connectivity index (χ3v) is 3.30. The van der Waals surface area contributed by atoms with Gasteiger partial charge in [0.25, 0.3) is 5.78 Å². The average Bonchev–Trinajstić information content (AvgIpc) is 2.86. The molecule has 0 radical (unpaired) electrons. The first-order valence-electron chi connectivity index (χ1n) is 6.72. The normalized spacial score (nSPS) is 26.3. The first-order valence-corrected chi connectivity index (χ1v) is 6.72. The maximum atomic E-state index is 11.7. The van der Waals surface area contributed by atoms with Crippen LogP contribution < -0.4 is 0 Å². The largest absolute Gasteiger partial charge is 0.479 e. The Labute approximate surface area is 138 Å². The van der Waals surface area contributed by atoms with Crippen LogP contribution in [0, 0.1) is 0 Å². The van der Waals surface area contributed by atoms with Gasteiger partial charge in [0.05, 0.1) is 6.61 Å². The van der Waals surface area contributed by atoms with Gasteiger partial charge in [-0.15, -0.1) is 0 Å². The molecule has 1 unspecified atom stereocenters. The Morgan fingerprint density at radius 2 is 1.56 bits per heavy atom. The highest BCUT2D eigenvalue weighted by Gasteiger charge is 2.51. The molecular weight excluding hydrogens is 352 g/mol. The molecule has 1 aliphatic heterocycles. The first kappa shape index (κ1) is 20.9. The van der Waals surface area contributed by atoms with Crippen molar-refractivity contribution in [1.29, 1.82) is 0 Å². The molecule has 1 rings (SSSR count). The van der Waals surface area contributed by atoms with Gasteiger partial charge in [-0.25, -0.2) is 14.4 Å². The van der Waals surface area contributed by atoms with Crippen molar-refractivity contribution < 1.29 is 64.4 Å². The molecule has 0 aromatic carbocycles. The van der Waals surface area contributed by atoms with Gasteiger partial charge >= 0.3 is 17.9 Å². The number of hydrogen-bond donors (Lipinski definition) is 7. The van der Waals surface area contributed by atoms with E-state index >= 15 is 0 Å². The number of rotatable bonds is 8. The standard InChI is InChI=1S/C12H16O13/c13-1-2(14)8-9(7(19)12(23)24-8)25-11(22)6(18)4(16)3(15)5(17)10(20)21/h2-6,8-9,13-18H,1H2,(H,20,21)/t2-,3-,4-,5-,6+,8+,9?/m0/s1. The number of esters is 2. The minimum atomic E-state index is -2.61. The molecule has 1 aliphatic rings. The molecule has 0 saturated carbocycles. The first-order chi connectivity index (χ1) is 11.5. The van der Waals surface area contributed by atoms with E-state index < -0.39 is 73.0 Å². The topological polar surface area (TPSA) is 228 Å². The van der Waals surface area contributed by atoms with E-state index in [1.165, 1.54) is 0 Å². The van der Waals surface area contributed by atoms with Crippen LogP contribution in [0.5, 0.6) is 0 Å². The highest BCUT2D eigenvalue weighted by Crippen LogP contribution is 2.20. The fourth-order valence-corrected chi connectivity index (χ4v) is 1.87. The number of carboxylic acid groups (broad SMARTS) is 1. The average molecular weight is 368 g/mol. The van der Waals surface area contributed by atoms with Gasteiger partial charge in [-0.3, -0.25) is 4.79 Å². The van der Waals surface area contributed by atoms with E-state index in [4.69, 9.17) is 15.3 Å². The summed E-state index contributed by atoms with van der Waals surface area (Å²) in [6.45, 7) is -0.964. The summed E-state index contributed by atoms with van der Waals surface area (Å²) in [5.41, 5.74) is 0. The van der Waals surface area contributed by atoms with E-state index in [-0.39, 0.29) is 0 Å². The second-order valence-corrected chi connectivity index (χ2v) is 5.05. The number of ether oxygens (including phenoxy) is 2. The van der Waals surface area contributed by atoms with E-state index in [1.54, 1.807) is 0 Å². The number of carbonyl (C=O) groups is 4. The molecule has 0 aromatic rings. The van der Waals surface area contributed by atoms with Crippen molar-refractivity contribution in [3.63, 3.8) is 0 Å². The number of cyclic esters (lactones) is 1. The summed E-state index contributed by atoms with van der Waals surface area (Å²) in [6, 6.07) is 0. The van der Waals surface area contributed by atoms with Crippen LogP contribution in [0.2, 0.25) is 0 Å². The van der Waals surface area contributed by atoms with Gasteiger partial charge in [0.15, 0.2) is 18.3 Å². The SMILES string of the molecule is O=C1O[C@H]([C@@H](O)CO)C(OC(=O)[C@H](O)[C@@H](O)[C@H](O)[C@H](O)C(=O)O)C1=O. The lowest BCUT2D eigenvalue weighted by atomic mass is 10.0. The molecule has 7 N–H and O–H groups in total. The zero-order valence-electron chi connectivity index (χ0n) is 12.3. The minimum Gasteiger partial charge on any atom is -0.479 e. The summed E-state index contributed by atoms with van der Waals surface area (Å²) in [7, 11) is 0. The Bertz CT molecular complexity index is 545. The van der Waals surface area contributed by atoms with E-state index in [1.807, 2.05) is 0 Å². The molecule has 142 valence electrons. The fourth-order valence-electron chi connectivity index (χ4n) is 1.87.